The lowest BCUT2D eigenvalue weighted by atomic mass is 10.0. The summed E-state index contributed by atoms with van der Waals surface area (Å²) in [6.07, 6.45) is 3.95. The van der Waals surface area contributed by atoms with Gasteiger partial charge in [-0.05, 0) is 36.4 Å². The highest BCUT2D eigenvalue weighted by Gasteiger charge is 2.20. The first-order valence-corrected chi connectivity index (χ1v) is 9.75. The molecule has 3 heterocycles. The lowest BCUT2D eigenvalue weighted by Crippen LogP contribution is -2.02. The highest BCUT2D eigenvalue weighted by atomic mass is 79.9. The van der Waals surface area contributed by atoms with Crippen molar-refractivity contribution in [1.29, 1.82) is 0 Å². The SMILES string of the molecule is COc1ccc2[nH]cc(-c3nnc(N)nc3-c3cn(C)c4ccc(Br)cc34)c2c1. The smallest absolute Gasteiger partial charge is 0.240 e. The van der Waals surface area contributed by atoms with Gasteiger partial charge >= 0.3 is 0 Å². The summed E-state index contributed by atoms with van der Waals surface area (Å²) in [5.74, 6) is 0.901. The summed E-state index contributed by atoms with van der Waals surface area (Å²) >= 11 is 3.57. The van der Waals surface area contributed by atoms with Crippen molar-refractivity contribution < 1.29 is 4.74 Å². The number of aromatic amines is 1. The number of ether oxygens (including phenoxy) is 1. The Morgan fingerprint density at radius 1 is 1.03 bits per heavy atom. The van der Waals surface area contributed by atoms with Crippen molar-refractivity contribution in [3.05, 3.63) is 53.3 Å². The van der Waals surface area contributed by atoms with Crippen LogP contribution in [0.25, 0.3) is 44.3 Å². The van der Waals surface area contributed by atoms with E-state index in [9.17, 15) is 0 Å². The maximum Gasteiger partial charge on any atom is 0.240 e. The van der Waals surface area contributed by atoms with Gasteiger partial charge in [0.2, 0.25) is 5.95 Å². The number of fused-ring (bicyclic) bond motifs is 2. The summed E-state index contributed by atoms with van der Waals surface area (Å²) in [5.41, 5.74) is 11.2. The van der Waals surface area contributed by atoms with Crippen molar-refractivity contribution in [1.82, 2.24) is 24.7 Å². The summed E-state index contributed by atoms with van der Waals surface area (Å²) in [4.78, 5) is 7.86. The Bertz CT molecular complexity index is 1390. The fourth-order valence-electron chi connectivity index (χ4n) is 3.68. The van der Waals surface area contributed by atoms with Crippen molar-refractivity contribution in [2.24, 2.45) is 7.05 Å². The molecule has 29 heavy (non-hydrogen) atoms. The molecule has 3 aromatic heterocycles. The van der Waals surface area contributed by atoms with E-state index < -0.39 is 0 Å². The summed E-state index contributed by atoms with van der Waals surface area (Å²) < 4.78 is 8.46. The van der Waals surface area contributed by atoms with E-state index in [1.54, 1.807) is 7.11 Å². The Morgan fingerprint density at radius 3 is 2.72 bits per heavy atom. The molecule has 0 unspecified atom stereocenters. The van der Waals surface area contributed by atoms with Crippen molar-refractivity contribution in [3.63, 3.8) is 0 Å². The molecular formula is C21H17BrN6O. The number of aromatic nitrogens is 5. The topological polar surface area (TPSA) is 94.6 Å². The molecule has 0 bridgehead atoms. The van der Waals surface area contributed by atoms with E-state index in [2.05, 4.69) is 52.8 Å². The Labute approximate surface area is 174 Å². The second-order valence-electron chi connectivity index (χ2n) is 6.80. The van der Waals surface area contributed by atoms with Crippen molar-refractivity contribution >= 4 is 43.7 Å². The van der Waals surface area contributed by atoms with Crippen molar-refractivity contribution in [2.45, 2.75) is 0 Å². The predicted molar refractivity (Wildman–Crippen MR) is 118 cm³/mol. The number of rotatable bonds is 3. The van der Waals surface area contributed by atoms with Gasteiger partial charge in [0.25, 0.3) is 0 Å². The lowest BCUT2D eigenvalue weighted by Gasteiger charge is -2.07. The first-order valence-electron chi connectivity index (χ1n) is 8.96. The van der Waals surface area contributed by atoms with E-state index in [1.165, 1.54) is 0 Å². The van der Waals surface area contributed by atoms with E-state index in [-0.39, 0.29) is 5.95 Å². The number of anilines is 1. The molecule has 3 N–H and O–H groups in total. The van der Waals surface area contributed by atoms with Crippen LogP contribution in [0.2, 0.25) is 0 Å². The van der Waals surface area contributed by atoms with Crippen LogP contribution >= 0.6 is 15.9 Å². The van der Waals surface area contributed by atoms with E-state index in [0.717, 1.165) is 43.2 Å². The maximum atomic E-state index is 5.93. The molecule has 0 saturated heterocycles. The van der Waals surface area contributed by atoms with Crippen LogP contribution in [-0.4, -0.2) is 31.8 Å². The molecule has 7 nitrogen and oxygen atoms in total. The summed E-state index contributed by atoms with van der Waals surface area (Å²) in [5, 5.41) is 10.5. The first-order chi connectivity index (χ1) is 14.0. The number of benzene rings is 2. The third kappa shape index (κ3) is 2.84. The minimum Gasteiger partial charge on any atom is -0.497 e. The number of aryl methyl sites for hydroxylation is 1. The van der Waals surface area contributed by atoms with Gasteiger partial charge in [-0.15, -0.1) is 10.2 Å². The third-order valence-electron chi connectivity index (χ3n) is 5.05. The highest BCUT2D eigenvalue weighted by molar-refractivity contribution is 9.10. The zero-order chi connectivity index (χ0) is 20.1. The summed E-state index contributed by atoms with van der Waals surface area (Å²) in [6.45, 7) is 0. The van der Waals surface area contributed by atoms with Crippen molar-refractivity contribution in [3.8, 4) is 28.3 Å². The molecule has 0 aliphatic heterocycles. The molecule has 0 atom stereocenters. The van der Waals surface area contributed by atoms with Gasteiger partial charge in [-0.3, -0.25) is 0 Å². The molecule has 144 valence electrons. The molecule has 0 radical (unpaired) electrons. The molecule has 5 rings (SSSR count). The Kier molecular flexibility index (Phi) is 4.02. The average Bonchev–Trinajstić information content (AvgIpc) is 3.28. The van der Waals surface area contributed by atoms with Gasteiger partial charge in [-0.25, -0.2) is 4.98 Å². The molecule has 0 saturated carbocycles. The van der Waals surface area contributed by atoms with Crippen LogP contribution in [0.4, 0.5) is 5.95 Å². The van der Waals surface area contributed by atoms with Gasteiger partial charge in [-0.1, -0.05) is 15.9 Å². The molecule has 0 aliphatic rings. The fourth-order valence-corrected chi connectivity index (χ4v) is 4.04. The van der Waals surface area contributed by atoms with Gasteiger partial charge in [-0.2, -0.15) is 0 Å². The fraction of sp³-hybridized carbons (Fsp3) is 0.0952. The quantitative estimate of drug-likeness (QED) is 0.422. The van der Waals surface area contributed by atoms with Crippen LogP contribution in [0.5, 0.6) is 5.75 Å². The van der Waals surface area contributed by atoms with Crippen LogP contribution in [0.15, 0.2) is 53.3 Å². The van der Waals surface area contributed by atoms with Gasteiger partial charge < -0.3 is 20.0 Å². The largest absolute Gasteiger partial charge is 0.497 e. The Balaban J connectivity index is 1.82. The van der Waals surface area contributed by atoms with Gasteiger partial charge in [0, 0.05) is 56.8 Å². The normalized spacial score (nSPS) is 11.4. The van der Waals surface area contributed by atoms with Gasteiger partial charge in [0.15, 0.2) is 0 Å². The number of hydrogen-bond donors (Lipinski definition) is 2. The second-order valence-corrected chi connectivity index (χ2v) is 7.71. The van der Waals surface area contributed by atoms with E-state index in [4.69, 9.17) is 10.5 Å². The van der Waals surface area contributed by atoms with E-state index in [0.29, 0.717) is 11.4 Å². The monoisotopic (exact) mass is 448 g/mol. The number of hydrogen-bond acceptors (Lipinski definition) is 5. The summed E-state index contributed by atoms with van der Waals surface area (Å²) in [7, 11) is 3.66. The zero-order valence-electron chi connectivity index (χ0n) is 15.8. The van der Waals surface area contributed by atoms with Crippen LogP contribution in [0.3, 0.4) is 0 Å². The highest BCUT2D eigenvalue weighted by Crippen LogP contribution is 2.38. The Morgan fingerprint density at radius 2 is 1.90 bits per heavy atom. The van der Waals surface area contributed by atoms with Crippen LogP contribution < -0.4 is 10.5 Å². The lowest BCUT2D eigenvalue weighted by molar-refractivity contribution is 0.415. The molecule has 8 heteroatoms. The molecule has 2 aromatic carbocycles. The zero-order valence-corrected chi connectivity index (χ0v) is 17.4. The molecule has 0 fully saturated rings. The Hall–Kier alpha value is -3.39. The number of halogens is 1. The maximum absolute atomic E-state index is 5.93. The minimum absolute atomic E-state index is 0.133. The van der Waals surface area contributed by atoms with Crippen LogP contribution in [0, 0.1) is 0 Å². The van der Waals surface area contributed by atoms with Gasteiger partial charge in [0.05, 0.1) is 7.11 Å². The van der Waals surface area contributed by atoms with Crippen LogP contribution in [0.1, 0.15) is 0 Å². The second kappa shape index (κ2) is 6.59. The van der Waals surface area contributed by atoms with E-state index >= 15 is 0 Å². The summed E-state index contributed by atoms with van der Waals surface area (Å²) in [6, 6.07) is 12.0. The standard InChI is InChI=1S/C21H17BrN6O/c1-28-10-16(14-7-11(22)3-6-18(14)28)19-20(26-27-21(23)25-19)15-9-24-17-5-4-12(29-2)8-13(15)17/h3-10,24H,1-2H3,(H2,23,25,27). The molecule has 0 aliphatic carbocycles. The predicted octanol–water partition coefficient (Wildman–Crippen LogP) is 4.53. The van der Waals surface area contributed by atoms with Gasteiger partial charge in [0.1, 0.15) is 17.1 Å². The number of H-pyrrole nitrogens is 1. The molecular weight excluding hydrogens is 432 g/mol. The number of nitrogens with one attached hydrogen (secondary N) is 1. The average molecular weight is 449 g/mol. The number of nitrogens with zero attached hydrogens (tertiary/aromatic N) is 4. The number of methoxy groups -OCH3 is 1. The van der Waals surface area contributed by atoms with E-state index in [1.807, 2.05) is 43.7 Å². The molecule has 0 amide bonds. The minimum atomic E-state index is 0.133. The van der Waals surface area contributed by atoms with Crippen molar-refractivity contribution in [2.75, 3.05) is 12.8 Å². The third-order valence-corrected chi connectivity index (χ3v) is 5.55. The van der Waals surface area contributed by atoms with Crippen LogP contribution in [-0.2, 0) is 7.05 Å². The first kappa shape index (κ1) is 17.7. The molecule has 0 spiro atoms. The molecule has 5 aromatic rings. The number of nitrogen functional groups attached to an aromatic ring is 1. The number of nitrogens with two attached hydrogens (primary N) is 1.